The van der Waals surface area contributed by atoms with Crippen molar-refractivity contribution >= 4 is 30.4 Å². The normalized spacial score (nSPS) is 13.5. The number of unbranched alkanes of at least 4 members (excludes halogenated alkanes) is 1. The van der Waals surface area contributed by atoms with Crippen LogP contribution in [0, 0.1) is 5.92 Å². The number of amides is 2. The first kappa shape index (κ1) is 25.7. The number of imidazole rings is 1. The number of ether oxygens (including phenoxy) is 1. The zero-order valence-corrected chi connectivity index (χ0v) is 17.4. The molecule has 0 aliphatic heterocycles. The molecule has 1 rings (SSSR count). The van der Waals surface area contributed by atoms with Crippen molar-refractivity contribution in [3.63, 3.8) is 0 Å². The molecular weight excluding hydrogens is 388 g/mol. The van der Waals surface area contributed by atoms with Gasteiger partial charge in [-0.25, -0.2) is 14.6 Å². The number of carboxylic acids is 1. The lowest BCUT2D eigenvalue weighted by Gasteiger charge is -2.19. The minimum Gasteiger partial charge on any atom is -0.480 e. The highest BCUT2D eigenvalue weighted by atomic mass is 35.5. The quantitative estimate of drug-likeness (QED) is 0.411. The van der Waals surface area contributed by atoms with Gasteiger partial charge in [-0.2, -0.15) is 0 Å². The molecule has 3 atom stereocenters. The monoisotopic (exact) mass is 418 g/mol. The maximum Gasteiger partial charge on any atom is 0.407 e. The summed E-state index contributed by atoms with van der Waals surface area (Å²) in [4.78, 5) is 42.1. The number of rotatable bonds is 12. The van der Waals surface area contributed by atoms with E-state index >= 15 is 0 Å². The van der Waals surface area contributed by atoms with Crippen LogP contribution in [0.15, 0.2) is 12.5 Å². The first-order valence-corrected chi connectivity index (χ1v) is 9.31. The zero-order valence-electron chi connectivity index (χ0n) is 16.6. The van der Waals surface area contributed by atoms with E-state index in [-0.39, 0.29) is 18.8 Å². The molecule has 1 heterocycles. The number of aliphatic carboxylic acids is 1. The van der Waals surface area contributed by atoms with Gasteiger partial charge in [0.05, 0.1) is 18.6 Å². The summed E-state index contributed by atoms with van der Waals surface area (Å²) >= 11 is 0. The summed E-state index contributed by atoms with van der Waals surface area (Å²) in [7, 11) is 0. The van der Waals surface area contributed by atoms with E-state index in [1.165, 1.54) is 13.3 Å². The lowest BCUT2D eigenvalue weighted by Crippen LogP contribution is -2.51. The van der Waals surface area contributed by atoms with Crippen LogP contribution >= 0.6 is 12.4 Å². The summed E-state index contributed by atoms with van der Waals surface area (Å²) in [6, 6.07) is -2.06. The van der Waals surface area contributed by atoms with Crippen LogP contribution in [0.1, 0.15) is 52.1 Å². The second-order valence-corrected chi connectivity index (χ2v) is 6.55. The number of alkyl carbamates (subject to hydrolysis) is 1. The van der Waals surface area contributed by atoms with Gasteiger partial charge in [0.1, 0.15) is 12.1 Å². The lowest BCUT2D eigenvalue weighted by atomic mass is 10.0. The van der Waals surface area contributed by atoms with Crippen molar-refractivity contribution in [2.24, 2.45) is 5.92 Å². The average molecular weight is 419 g/mol. The van der Waals surface area contributed by atoms with Crippen LogP contribution in [0.3, 0.4) is 0 Å². The standard InChI is InChI=1S/C18H30N4O5.ClH/c1-4-6-7-13(5-2)10-27-18(26)21-12(3)16(23)22-15(17(24)25)8-14-9-19-11-20-14;/h9,11-13,15H,4-8,10H2,1-3H3,(H,19,20)(H,21,26)(H,22,23)(H,24,25);1H/t12-,13?,15-;/m0./s1. The van der Waals surface area contributed by atoms with E-state index in [0.717, 1.165) is 25.7 Å². The number of nitrogens with one attached hydrogen (secondary N) is 3. The fourth-order valence-electron chi connectivity index (χ4n) is 2.48. The average Bonchev–Trinajstić information content (AvgIpc) is 3.14. The van der Waals surface area contributed by atoms with Gasteiger partial charge in [-0.15, -0.1) is 12.4 Å². The largest absolute Gasteiger partial charge is 0.480 e. The summed E-state index contributed by atoms with van der Waals surface area (Å²) in [5.41, 5.74) is 0.514. The van der Waals surface area contributed by atoms with E-state index in [4.69, 9.17) is 4.74 Å². The van der Waals surface area contributed by atoms with Crippen LogP contribution in [0.5, 0.6) is 0 Å². The van der Waals surface area contributed by atoms with Crippen molar-refractivity contribution in [3.05, 3.63) is 18.2 Å². The fourth-order valence-corrected chi connectivity index (χ4v) is 2.48. The maximum atomic E-state index is 12.2. The third kappa shape index (κ3) is 9.59. The zero-order chi connectivity index (χ0) is 20.2. The van der Waals surface area contributed by atoms with E-state index in [1.54, 1.807) is 6.20 Å². The number of halogens is 1. The molecule has 0 radical (unpaired) electrons. The third-order valence-electron chi connectivity index (χ3n) is 4.30. The second kappa shape index (κ2) is 13.8. The van der Waals surface area contributed by atoms with Crippen molar-refractivity contribution in [1.29, 1.82) is 0 Å². The molecule has 0 aliphatic rings. The molecule has 0 saturated carbocycles. The van der Waals surface area contributed by atoms with Crippen LogP contribution in [0.4, 0.5) is 4.79 Å². The molecule has 1 unspecified atom stereocenters. The van der Waals surface area contributed by atoms with Gasteiger partial charge in [0.15, 0.2) is 0 Å². The maximum absolute atomic E-state index is 12.2. The number of carbonyl (C=O) groups is 3. The van der Waals surface area contributed by atoms with Gasteiger partial charge in [-0.05, 0) is 19.3 Å². The van der Waals surface area contributed by atoms with Gasteiger partial charge in [0.2, 0.25) is 5.91 Å². The molecule has 10 heteroatoms. The highest BCUT2D eigenvalue weighted by Crippen LogP contribution is 2.12. The Morgan fingerprint density at radius 1 is 1.29 bits per heavy atom. The Balaban J connectivity index is 0.00000729. The molecule has 1 aromatic rings. The van der Waals surface area contributed by atoms with Gasteiger partial charge in [-0.1, -0.05) is 33.1 Å². The Hall–Kier alpha value is -2.29. The third-order valence-corrected chi connectivity index (χ3v) is 4.30. The molecule has 9 nitrogen and oxygen atoms in total. The molecule has 0 fully saturated rings. The Labute approximate surface area is 171 Å². The first-order valence-electron chi connectivity index (χ1n) is 9.31. The van der Waals surface area contributed by atoms with Crippen molar-refractivity contribution in [1.82, 2.24) is 20.6 Å². The molecule has 0 aliphatic carbocycles. The van der Waals surface area contributed by atoms with E-state index in [9.17, 15) is 19.5 Å². The minimum absolute atomic E-state index is 0. The number of carbonyl (C=O) groups excluding carboxylic acids is 2. The van der Waals surface area contributed by atoms with Crippen molar-refractivity contribution in [2.75, 3.05) is 6.61 Å². The summed E-state index contributed by atoms with van der Waals surface area (Å²) in [5, 5.41) is 14.1. The topological polar surface area (TPSA) is 133 Å². The smallest absolute Gasteiger partial charge is 0.407 e. The van der Waals surface area contributed by atoms with Gasteiger partial charge < -0.3 is 25.5 Å². The predicted molar refractivity (Wildman–Crippen MR) is 106 cm³/mol. The molecule has 0 saturated heterocycles. The molecule has 2 amide bonds. The Bertz CT molecular complexity index is 597. The molecule has 28 heavy (non-hydrogen) atoms. The Morgan fingerprint density at radius 2 is 2.00 bits per heavy atom. The molecule has 0 aromatic carbocycles. The first-order chi connectivity index (χ1) is 12.9. The minimum atomic E-state index is -1.18. The highest BCUT2D eigenvalue weighted by Gasteiger charge is 2.25. The van der Waals surface area contributed by atoms with Gasteiger partial charge >= 0.3 is 12.1 Å². The van der Waals surface area contributed by atoms with Gasteiger partial charge in [0, 0.05) is 12.6 Å². The van der Waals surface area contributed by atoms with Crippen molar-refractivity contribution in [2.45, 2.75) is 65.0 Å². The molecule has 1 aromatic heterocycles. The molecule has 0 bridgehead atoms. The number of nitrogens with zero attached hydrogens (tertiary/aromatic N) is 1. The number of hydrogen-bond acceptors (Lipinski definition) is 5. The van der Waals surface area contributed by atoms with Crippen LogP contribution < -0.4 is 10.6 Å². The van der Waals surface area contributed by atoms with E-state index in [0.29, 0.717) is 18.2 Å². The summed E-state index contributed by atoms with van der Waals surface area (Å²) in [6.07, 6.45) is 6.41. The number of aromatic amines is 1. The van der Waals surface area contributed by atoms with Crippen LogP contribution in [0.2, 0.25) is 0 Å². The van der Waals surface area contributed by atoms with Crippen LogP contribution in [0.25, 0.3) is 0 Å². The fraction of sp³-hybridized carbons (Fsp3) is 0.667. The van der Waals surface area contributed by atoms with Gasteiger partial charge in [0.25, 0.3) is 0 Å². The summed E-state index contributed by atoms with van der Waals surface area (Å²) < 4.78 is 5.19. The van der Waals surface area contributed by atoms with Crippen LogP contribution in [-0.4, -0.2) is 51.7 Å². The highest BCUT2D eigenvalue weighted by molar-refractivity contribution is 5.89. The number of aromatic nitrogens is 2. The van der Waals surface area contributed by atoms with Crippen molar-refractivity contribution in [3.8, 4) is 0 Å². The molecular formula is C18H31ClN4O5. The molecule has 0 spiro atoms. The SMILES string of the molecule is CCCCC(CC)COC(=O)N[C@@H](C)C(=O)N[C@@H](Cc1c[nH]cn1)C(=O)O.Cl. The second-order valence-electron chi connectivity index (χ2n) is 6.55. The van der Waals surface area contributed by atoms with Gasteiger partial charge in [-0.3, -0.25) is 4.79 Å². The van der Waals surface area contributed by atoms with E-state index in [2.05, 4.69) is 27.5 Å². The van der Waals surface area contributed by atoms with Crippen LogP contribution in [-0.2, 0) is 20.7 Å². The number of H-pyrrole nitrogens is 1. The summed E-state index contributed by atoms with van der Waals surface area (Å²) in [6.45, 7) is 5.92. The lowest BCUT2D eigenvalue weighted by molar-refractivity contribution is -0.142. The Kier molecular flexibility index (Phi) is 12.7. The molecule has 160 valence electrons. The predicted octanol–water partition coefficient (Wildman–Crippen LogP) is 2.27. The summed E-state index contributed by atoms with van der Waals surface area (Å²) in [5.74, 6) is -1.49. The molecule has 4 N–H and O–H groups in total. The number of carboxylic acid groups (broad SMARTS) is 1. The van der Waals surface area contributed by atoms with Crippen molar-refractivity contribution < 1.29 is 24.2 Å². The van der Waals surface area contributed by atoms with E-state index in [1.807, 2.05) is 6.92 Å². The van der Waals surface area contributed by atoms with E-state index < -0.39 is 30.1 Å². The Morgan fingerprint density at radius 3 is 2.54 bits per heavy atom. The number of hydrogen-bond donors (Lipinski definition) is 4.